The number of rotatable bonds is 3. The minimum atomic E-state index is -0.327. The summed E-state index contributed by atoms with van der Waals surface area (Å²) >= 11 is 5.87. The number of hydrogen-bond donors (Lipinski definition) is 0. The lowest BCUT2D eigenvalue weighted by Gasteiger charge is -2.03. The predicted molar refractivity (Wildman–Crippen MR) is 67.4 cm³/mol. The van der Waals surface area contributed by atoms with Crippen LogP contribution in [0.4, 0.5) is 4.39 Å². The molecule has 19 heavy (non-hydrogen) atoms. The van der Waals surface area contributed by atoms with E-state index in [4.69, 9.17) is 16.1 Å². The monoisotopic (exact) mass is 280 g/mol. The summed E-state index contributed by atoms with van der Waals surface area (Å²) in [4.78, 5) is 8.44. The van der Waals surface area contributed by atoms with Gasteiger partial charge in [0.05, 0.1) is 16.9 Å². The first kappa shape index (κ1) is 12.1. The average Bonchev–Trinajstić information content (AvgIpc) is 2.94. The molecule has 0 amide bonds. The van der Waals surface area contributed by atoms with Gasteiger partial charge in [0.1, 0.15) is 18.2 Å². The normalized spacial score (nSPS) is 11.3. The maximum Gasteiger partial charge on any atom is 0.246 e. The summed E-state index contributed by atoms with van der Waals surface area (Å²) < 4.78 is 20.1. The molecule has 0 spiro atoms. The molecule has 5 nitrogen and oxygen atoms in total. The van der Waals surface area contributed by atoms with Gasteiger partial charge in [-0.25, -0.2) is 9.37 Å². The number of aromatic nitrogens is 4. The Hall–Kier alpha value is -1.95. The SMILES string of the molecule is Cc1noc(Cn2c(CCl)nc3cc(F)ccc32)n1. The molecule has 2 aromatic heterocycles. The summed E-state index contributed by atoms with van der Waals surface area (Å²) in [7, 11) is 0. The van der Waals surface area contributed by atoms with Crippen molar-refractivity contribution in [3.05, 3.63) is 41.6 Å². The van der Waals surface area contributed by atoms with E-state index in [-0.39, 0.29) is 11.7 Å². The van der Waals surface area contributed by atoms with Gasteiger partial charge < -0.3 is 9.09 Å². The third-order valence-electron chi connectivity index (χ3n) is 2.77. The highest BCUT2D eigenvalue weighted by molar-refractivity contribution is 6.16. The number of imidazole rings is 1. The van der Waals surface area contributed by atoms with Crippen molar-refractivity contribution in [3.8, 4) is 0 Å². The van der Waals surface area contributed by atoms with Gasteiger partial charge in [0.2, 0.25) is 5.89 Å². The summed E-state index contributed by atoms with van der Waals surface area (Å²) in [5.41, 5.74) is 1.35. The van der Waals surface area contributed by atoms with Crippen molar-refractivity contribution in [1.82, 2.24) is 19.7 Å². The van der Waals surface area contributed by atoms with Crippen LogP contribution in [0.5, 0.6) is 0 Å². The van der Waals surface area contributed by atoms with Crippen molar-refractivity contribution >= 4 is 22.6 Å². The number of aryl methyl sites for hydroxylation is 1. The molecule has 0 aliphatic heterocycles. The van der Waals surface area contributed by atoms with Crippen LogP contribution in [0, 0.1) is 12.7 Å². The second-order valence-electron chi connectivity index (χ2n) is 4.12. The van der Waals surface area contributed by atoms with E-state index in [1.165, 1.54) is 12.1 Å². The van der Waals surface area contributed by atoms with Gasteiger partial charge in [-0.1, -0.05) is 5.16 Å². The third kappa shape index (κ3) is 2.19. The lowest BCUT2D eigenvalue weighted by Crippen LogP contribution is -2.04. The molecule has 0 unspecified atom stereocenters. The molecule has 0 aliphatic carbocycles. The number of benzene rings is 1. The second kappa shape index (κ2) is 4.62. The number of fused-ring (bicyclic) bond motifs is 1. The molecule has 98 valence electrons. The molecule has 0 bridgehead atoms. The Kier molecular flexibility index (Phi) is 2.94. The van der Waals surface area contributed by atoms with Crippen LogP contribution in [0.15, 0.2) is 22.7 Å². The van der Waals surface area contributed by atoms with Gasteiger partial charge in [0, 0.05) is 6.07 Å². The van der Waals surface area contributed by atoms with Crippen LogP contribution >= 0.6 is 11.6 Å². The number of alkyl halides is 1. The first-order valence-corrected chi connectivity index (χ1v) is 6.20. The fraction of sp³-hybridized carbons (Fsp3) is 0.250. The van der Waals surface area contributed by atoms with Crippen LogP contribution in [-0.2, 0) is 12.4 Å². The maximum atomic E-state index is 13.2. The molecule has 0 radical (unpaired) electrons. The number of halogens is 2. The minimum absolute atomic E-state index is 0.226. The topological polar surface area (TPSA) is 56.7 Å². The average molecular weight is 281 g/mol. The first-order chi connectivity index (χ1) is 9.17. The molecule has 0 saturated carbocycles. The Morgan fingerprint density at radius 1 is 1.37 bits per heavy atom. The zero-order chi connectivity index (χ0) is 13.4. The van der Waals surface area contributed by atoms with Gasteiger partial charge in [0.25, 0.3) is 0 Å². The highest BCUT2D eigenvalue weighted by atomic mass is 35.5. The van der Waals surface area contributed by atoms with Crippen molar-refractivity contribution in [1.29, 1.82) is 0 Å². The smallest absolute Gasteiger partial charge is 0.246 e. The molecule has 0 atom stereocenters. The highest BCUT2D eigenvalue weighted by Crippen LogP contribution is 2.20. The second-order valence-corrected chi connectivity index (χ2v) is 4.38. The first-order valence-electron chi connectivity index (χ1n) is 5.67. The summed E-state index contributed by atoms with van der Waals surface area (Å²) in [6.45, 7) is 2.11. The Morgan fingerprint density at radius 2 is 2.21 bits per heavy atom. The van der Waals surface area contributed by atoms with Crippen molar-refractivity contribution in [2.45, 2.75) is 19.3 Å². The Labute approximate surface area is 113 Å². The molecule has 3 aromatic rings. The van der Waals surface area contributed by atoms with Crippen LogP contribution in [-0.4, -0.2) is 19.7 Å². The largest absolute Gasteiger partial charge is 0.337 e. The van der Waals surface area contributed by atoms with E-state index in [2.05, 4.69) is 15.1 Å². The lowest BCUT2D eigenvalue weighted by atomic mass is 10.3. The Balaban J connectivity index is 2.10. The van der Waals surface area contributed by atoms with Gasteiger partial charge in [-0.05, 0) is 19.1 Å². The standard InChI is InChI=1S/C12H10ClFN4O/c1-7-15-12(19-17-7)6-18-10-3-2-8(14)4-9(10)16-11(18)5-13/h2-4H,5-6H2,1H3. The number of hydrogen-bond acceptors (Lipinski definition) is 4. The Morgan fingerprint density at radius 3 is 2.89 bits per heavy atom. The third-order valence-corrected chi connectivity index (χ3v) is 3.01. The zero-order valence-corrected chi connectivity index (χ0v) is 10.9. The van der Waals surface area contributed by atoms with Crippen LogP contribution in [0.1, 0.15) is 17.5 Å². The van der Waals surface area contributed by atoms with Gasteiger partial charge >= 0.3 is 0 Å². The van der Waals surface area contributed by atoms with E-state index in [9.17, 15) is 4.39 Å². The Bertz CT molecular complexity index is 736. The van der Waals surface area contributed by atoms with E-state index in [0.29, 0.717) is 29.6 Å². The fourth-order valence-electron chi connectivity index (χ4n) is 1.97. The molecule has 2 heterocycles. The predicted octanol–water partition coefficient (Wildman–Crippen LogP) is 2.65. The quantitative estimate of drug-likeness (QED) is 0.692. The summed E-state index contributed by atoms with van der Waals surface area (Å²) in [6.07, 6.45) is 0. The molecule has 0 N–H and O–H groups in total. The maximum absolute atomic E-state index is 13.2. The van der Waals surface area contributed by atoms with Crippen molar-refractivity contribution in [2.75, 3.05) is 0 Å². The molecule has 0 saturated heterocycles. The van der Waals surface area contributed by atoms with Gasteiger partial charge in [-0.2, -0.15) is 4.98 Å². The molecule has 7 heteroatoms. The molecule has 1 aromatic carbocycles. The summed E-state index contributed by atoms with van der Waals surface area (Å²) in [6, 6.07) is 4.43. The van der Waals surface area contributed by atoms with E-state index in [0.717, 1.165) is 5.52 Å². The van der Waals surface area contributed by atoms with Crippen molar-refractivity contribution in [3.63, 3.8) is 0 Å². The molecule has 0 fully saturated rings. The van der Waals surface area contributed by atoms with Crippen molar-refractivity contribution in [2.24, 2.45) is 0 Å². The lowest BCUT2D eigenvalue weighted by molar-refractivity contribution is 0.368. The molecule has 3 rings (SSSR count). The summed E-state index contributed by atoms with van der Waals surface area (Å²) in [5.74, 6) is 1.57. The van der Waals surface area contributed by atoms with Crippen LogP contribution < -0.4 is 0 Å². The van der Waals surface area contributed by atoms with Gasteiger partial charge in [0.15, 0.2) is 5.82 Å². The van der Waals surface area contributed by atoms with E-state index < -0.39 is 0 Å². The number of nitrogens with zero attached hydrogens (tertiary/aromatic N) is 4. The minimum Gasteiger partial charge on any atom is -0.337 e. The van der Waals surface area contributed by atoms with E-state index in [1.54, 1.807) is 13.0 Å². The molecular weight excluding hydrogens is 271 g/mol. The van der Waals surface area contributed by atoms with Crippen LogP contribution in [0.25, 0.3) is 11.0 Å². The van der Waals surface area contributed by atoms with E-state index in [1.807, 2.05) is 4.57 Å². The van der Waals surface area contributed by atoms with Gasteiger partial charge in [-0.3, -0.25) is 0 Å². The summed E-state index contributed by atoms with van der Waals surface area (Å²) in [5, 5.41) is 3.73. The van der Waals surface area contributed by atoms with E-state index >= 15 is 0 Å². The zero-order valence-electron chi connectivity index (χ0n) is 10.1. The van der Waals surface area contributed by atoms with Crippen LogP contribution in [0.3, 0.4) is 0 Å². The van der Waals surface area contributed by atoms with Crippen LogP contribution in [0.2, 0.25) is 0 Å². The molecular formula is C12H10ClFN4O. The van der Waals surface area contributed by atoms with Crippen molar-refractivity contribution < 1.29 is 8.91 Å². The highest BCUT2D eigenvalue weighted by Gasteiger charge is 2.13. The van der Waals surface area contributed by atoms with Gasteiger partial charge in [-0.15, -0.1) is 11.6 Å². The molecule has 0 aliphatic rings. The fourth-order valence-corrected chi connectivity index (χ4v) is 2.17.